The van der Waals surface area contributed by atoms with Crippen molar-refractivity contribution < 1.29 is 9.53 Å². The van der Waals surface area contributed by atoms with E-state index in [0.717, 1.165) is 5.39 Å². The molecule has 0 spiro atoms. The molecule has 2 N–H and O–H groups in total. The van der Waals surface area contributed by atoms with Crippen LogP contribution >= 0.6 is 0 Å². The van der Waals surface area contributed by atoms with Gasteiger partial charge in [-0.2, -0.15) is 5.10 Å². The fourth-order valence-electron chi connectivity index (χ4n) is 1.60. The number of aryl methyl sites for hydroxylation is 1. The highest BCUT2D eigenvalue weighted by Crippen LogP contribution is 2.26. The van der Waals surface area contributed by atoms with Crippen LogP contribution < -0.4 is 10.5 Å². The van der Waals surface area contributed by atoms with Gasteiger partial charge in [0.15, 0.2) is 0 Å². The average molecular weight is 205 g/mol. The third kappa shape index (κ3) is 1.41. The number of benzene rings is 1. The summed E-state index contributed by atoms with van der Waals surface area (Å²) in [5.74, 6) is -0.0788. The highest BCUT2D eigenvalue weighted by Gasteiger charge is 2.15. The van der Waals surface area contributed by atoms with Crippen LogP contribution in [-0.2, 0) is 7.05 Å². The fourth-order valence-corrected chi connectivity index (χ4v) is 1.60. The number of hydrogen-bond donors (Lipinski definition) is 1. The molecule has 0 aliphatic rings. The largest absolute Gasteiger partial charge is 0.496 e. The molecule has 5 nitrogen and oxygen atoms in total. The fraction of sp³-hybridized carbons (Fsp3) is 0.200. The molecule has 0 bridgehead atoms. The number of carbonyl (C=O) groups is 1. The summed E-state index contributed by atoms with van der Waals surface area (Å²) in [4.78, 5) is 11.3. The summed E-state index contributed by atoms with van der Waals surface area (Å²) in [5, 5.41) is 5.05. The van der Waals surface area contributed by atoms with E-state index in [1.165, 1.54) is 7.11 Å². The summed E-state index contributed by atoms with van der Waals surface area (Å²) in [5.41, 5.74) is 6.20. The lowest BCUT2D eigenvalue weighted by Gasteiger charge is -2.04. The molecule has 2 rings (SSSR count). The van der Waals surface area contributed by atoms with Crippen molar-refractivity contribution in [3.8, 4) is 5.75 Å². The van der Waals surface area contributed by atoms with Crippen molar-refractivity contribution in [3.05, 3.63) is 23.9 Å². The van der Waals surface area contributed by atoms with Gasteiger partial charge in [-0.15, -0.1) is 0 Å². The molecule has 2 aromatic rings. The molecular weight excluding hydrogens is 194 g/mol. The van der Waals surface area contributed by atoms with Crippen molar-refractivity contribution >= 4 is 16.8 Å². The molecule has 0 fully saturated rings. The molecule has 0 aliphatic heterocycles. The molecule has 1 amide bonds. The summed E-state index contributed by atoms with van der Waals surface area (Å²) < 4.78 is 6.71. The number of nitrogens with zero attached hydrogens (tertiary/aromatic N) is 2. The summed E-state index contributed by atoms with van der Waals surface area (Å²) in [7, 11) is 3.29. The zero-order valence-corrected chi connectivity index (χ0v) is 8.52. The molecule has 0 unspecified atom stereocenters. The molecule has 1 aromatic heterocycles. The molecule has 0 atom stereocenters. The smallest absolute Gasteiger partial charge is 0.254 e. The van der Waals surface area contributed by atoms with E-state index < -0.39 is 5.91 Å². The Morgan fingerprint density at radius 1 is 1.53 bits per heavy atom. The number of ether oxygens (including phenoxy) is 1. The lowest BCUT2D eigenvalue weighted by molar-refractivity contribution is 0.0999. The van der Waals surface area contributed by atoms with E-state index in [-0.39, 0.29) is 0 Å². The quantitative estimate of drug-likeness (QED) is 0.783. The van der Waals surface area contributed by atoms with Gasteiger partial charge in [-0.05, 0) is 12.1 Å². The van der Waals surface area contributed by atoms with E-state index in [0.29, 0.717) is 16.8 Å². The minimum Gasteiger partial charge on any atom is -0.496 e. The van der Waals surface area contributed by atoms with E-state index >= 15 is 0 Å². The summed E-state index contributed by atoms with van der Waals surface area (Å²) >= 11 is 0. The van der Waals surface area contributed by atoms with Gasteiger partial charge in [0.2, 0.25) is 0 Å². The van der Waals surface area contributed by atoms with Crippen LogP contribution in [0.25, 0.3) is 10.9 Å². The predicted molar refractivity (Wildman–Crippen MR) is 55.8 cm³/mol. The first-order valence-electron chi connectivity index (χ1n) is 4.43. The van der Waals surface area contributed by atoms with E-state index in [1.807, 2.05) is 12.3 Å². The number of carbonyl (C=O) groups excluding carboxylic acids is 1. The van der Waals surface area contributed by atoms with Crippen LogP contribution in [0.5, 0.6) is 5.75 Å². The second kappa shape index (κ2) is 3.27. The topological polar surface area (TPSA) is 70.1 Å². The summed E-state index contributed by atoms with van der Waals surface area (Å²) in [6, 6.07) is 3.55. The Morgan fingerprint density at radius 2 is 2.27 bits per heavy atom. The molecule has 5 heteroatoms. The Morgan fingerprint density at radius 3 is 2.87 bits per heavy atom. The Hall–Kier alpha value is -2.04. The zero-order valence-electron chi connectivity index (χ0n) is 8.52. The van der Waals surface area contributed by atoms with Gasteiger partial charge < -0.3 is 10.5 Å². The van der Waals surface area contributed by atoms with E-state index in [2.05, 4.69) is 5.10 Å². The van der Waals surface area contributed by atoms with Crippen molar-refractivity contribution in [1.29, 1.82) is 0 Å². The van der Waals surface area contributed by atoms with Gasteiger partial charge in [0.25, 0.3) is 5.91 Å². The Balaban J connectivity index is 2.83. The molecule has 15 heavy (non-hydrogen) atoms. The van der Waals surface area contributed by atoms with Crippen LogP contribution in [0.15, 0.2) is 18.3 Å². The zero-order chi connectivity index (χ0) is 11.0. The normalized spacial score (nSPS) is 10.5. The molecule has 78 valence electrons. The summed E-state index contributed by atoms with van der Waals surface area (Å²) in [6.45, 7) is 0. The lowest BCUT2D eigenvalue weighted by atomic mass is 10.1. The second-order valence-corrected chi connectivity index (χ2v) is 3.25. The van der Waals surface area contributed by atoms with Crippen molar-refractivity contribution in [2.75, 3.05) is 7.11 Å². The number of aromatic nitrogens is 2. The number of methoxy groups -OCH3 is 1. The molecule has 1 aromatic carbocycles. The highest BCUT2D eigenvalue weighted by molar-refractivity contribution is 6.07. The van der Waals surface area contributed by atoms with Crippen molar-refractivity contribution in [2.45, 2.75) is 0 Å². The Kier molecular flexibility index (Phi) is 2.07. The van der Waals surface area contributed by atoms with Crippen molar-refractivity contribution in [1.82, 2.24) is 9.78 Å². The Labute approximate surface area is 86.4 Å². The van der Waals surface area contributed by atoms with Crippen molar-refractivity contribution in [3.63, 3.8) is 0 Å². The van der Waals surface area contributed by atoms with Crippen LogP contribution in [0.4, 0.5) is 0 Å². The monoisotopic (exact) mass is 205 g/mol. The third-order valence-corrected chi connectivity index (χ3v) is 2.22. The standard InChI is InChI=1S/C10H11N3O2/c1-13-5-6-3-4-7(15-2)8(10(11)14)9(6)12-13/h3-5H,1-2H3,(H2,11,14). The van der Waals surface area contributed by atoms with Crippen LogP contribution in [0.3, 0.4) is 0 Å². The third-order valence-electron chi connectivity index (χ3n) is 2.22. The van der Waals surface area contributed by atoms with E-state index in [1.54, 1.807) is 17.8 Å². The number of fused-ring (bicyclic) bond motifs is 1. The molecule has 0 saturated heterocycles. The SMILES string of the molecule is COc1ccc2cn(C)nc2c1C(N)=O. The van der Waals surface area contributed by atoms with Crippen LogP contribution in [-0.4, -0.2) is 22.8 Å². The maximum atomic E-state index is 11.3. The maximum absolute atomic E-state index is 11.3. The lowest BCUT2D eigenvalue weighted by Crippen LogP contribution is -2.13. The van der Waals surface area contributed by atoms with E-state index in [9.17, 15) is 4.79 Å². The molecule has 0 radical (unpaired) electrons. The van der Waals surface area contributed by atoms with Gasteiger partial charge in [-0.3, -0.25) is 9.48 Å². The first-order valence-corrected chi connectivity index (χ1v) is 4.43. The van der Waals surface area contributed by atoms with Crippen LogP contribution in [0.2, 0.25) is 0 Å². The van der Waals surface area contributed by atoms with Gasteiger partial charge in [0.1, 0.15) is 16.8 Å². The molecule has 1 heterocycles. The average Bonchev–Trinajstić information content (AvgIpc) is 2.55. The predicted octanol–water partition coefficient (Wildman–Crippen LogP) is 0.681. The van der Waals surface area contributed by atoms with Crippen LogP contribution in [0, 0.1) is 0 Å². The molecular formula is C10H11N3O2. The van der Waals surface area contributed by atoms with E-state index in [4.69, 9.17) is 10.5 Å². The maximum Gasteiger partial charge on any atom is 0.254 e. The number of rotatable bonds is 2. The number of nitrogens with two attached hydrogens (primary N) is 1. The second-order valence-electron chi connectivity index (χ2n) is 3.25. The first kappa shape index (κ1) is 9.51. The summed E-state index contributed by atoms with van der Waals surface area (Å²) in [6.07, 6.45) is 1.82. The minimum absolute atomic E-state index is 0.329. The van der Waals surface area contributed by atoms with Gasteiger partial charge in [-0.1, -0.05) is 0 Å². The molecule has 0 aliphatic carbocycles. The van der Waals surface area contributed by atoms with Gasteiger partial charge in [0, 0.05) is 18.6 Å². The highest BCUT2D eigenvalue weighted by atomic mass is 16.5. The van der Waals surface area contributed by atoms with Gasteiger partial charge >= 0.3 is 0 Å². The number of primary amides is 1. The molecule has 0 saturated carbocycles. The van der Waals surface area contributed by atoms with Crippen LogP contribution in [0.1, 0.15) is 10.4 Å². The minimum atomic E-state index is -0.531. The number of hydrogen-bond acceptors (Lipinski definition) is 3. The van der Waals surface area contributed by atoms with Gasteiger partial charge in [0.05, 0.1) is 7.11 Å². The van der Waals surface area contributed by atoms with Gasteiger partial charge in [-0.25, -0.2) is 0 Å². The first-order chi connectivity index (χ1) is 7.13. The van der Waals surface area contributed by atoms with Crippen molar-refractivity contribution in [2.24, 2.45) is 12.8 Å². The Bertz CT molecular complexity index is 531. The number of amides is 1.